The molecule has 3 aromatic rings. The van der Waals surface area contributed by atoms with Crippen LogP contribution in [-0.2, 0) is 6.54 Å². The second kappa shape index (κ2) is 5.62. The van der Waals surface area contributed by atoms with E-state index < -0.39 is 0 Å². The molecule has 0 saturated heterocycles. The zero-order valence-electron chi connectivity index (χ0n) is 11.6. The fourth-order valence-electron chi connectivity index (χ4n) is 2.24. The summed E-state index contributed by atoms with van der Waals surface area (Å²) in [6.45, 7) is 2.64. The molecule has 0 fully saturated rings. The lowest BCUT2D eigenvalue weighted by molar-refractivity contribution is 0.457. The lowest BCUT2D eigenvalue weighted by Gasteiger charge is -1.97. The molecule has 0 atom stereocenters. The largest absolute Gasteiger partial charge is 0.494 e. The summed E-state index contributed by atoms with van der Waals surface area (Å²) in [5.74, 6) is 0.111. The molecule has 0 radical (unpaired) electrons. The third kappa shape index (κ3) is 2.93. The Morgan fingerprint density at radius 1 is 1.19 bits per heavy atom. The molecule has 0 aliphatic heterocycles. The standard InChI is InChI=1S/C17H15ClN2O/c1-11-2-4-12(5-3-11)9-19-10-15-14-7-6-13(18)8-16(14)20-17(15)21/h2-8,10,20-21H,9H2,1H3. The first-order chi connectivity index (χ1) is 10.1. The molecule has 0 amide bonds. The lowest BCUT2D eigenvalue weighted by Crippen LogP contribution is -1.84. The molecule has 0 spiro atoms. The van der Waals surface area contributed by atoms with Gasteiger partial charge in [0.1, 0.15) is 0 Å². The first kappa shape index (κ1) is 13.7. The van der Waals surface area contributed by atoms with Crippen molar-refractivity contribution in [1.29, 1.82) is 0 Å². The maximum Gasteiger partial charge on any atom is 0.198 e. The van der Waals surface area contributed by atoms with Gasteiger partial charge in [0, 0.05) is 16.6 Å². The van der Waals surface area contributed by atoms with Crippen LogP contribution >= 0.6 is 11.6 Å². The zero-order chi connectivity index (χ0) is 14.8. The summed E-state index contributed by atoms with van der Waals surface area (Å²) in [4.78, 5) is 7.31. The van der Waals surface area contributed by atoms with E-state index in [1.165, 1.54) is 5.56 Å². The van der Waals surface area contributed by atoms with E-state index in [0.29, 0.717) is 17.1 Å². The third-order valence-electron chi connectivity index (χ3n) is 3.39. The van der Waals surface area contributed by atoms with Gasteiger partial charge in [-0.25, -0.2) is 0 Å². The van der Waals surface area contributed by atoms with Gasteiger partial charge in [-0.05, 0) is 24.6 Å². The van der Waals surface area contributed by atoms with Crippen molar-refractivity contribution < 1.29 is 5.11 Å². The SMILES string of the molecule is Cc1ccc(CN=Cc2c(O)[nH]c3cc(Cl)ccc23)cc1. The van der Waals surface area contributed by atoms with Crippen molar-refractivity contribution in [1.82, 2.24) is 4.98 Å². The molecule has 4 heteroatoms. The topological polar surface area (TPSA) is 48.4 Å². The van der Waals surface area contributed by atoms with Crippen LogP contribution in [0.1, 0.15) is 16.7 Å². The first-order valence-corrected chi connectivity index (χ1v) is 7.07. The van der Waals surface area contributed by atoms with E-state index in [1.54, 1.807) is 18.3 Å². The summed E-state index contributed by atoms with van der Waals surface area (Å²) in [5, 5.41) is 11.5. The van der Waals surface area contributed by atoms with Crippen molar-refractivity contribution >= 4 is 28.7 Å². The molecule has 0 bridgehead atoms. The fraction of sp³-hybridized carbons (Fsp3) is 0.118. The van der Waals surface area contributed by atoms with Gasteiger partial charge in [-0.2, -0.15) is 0 Å². The number of hydrogen-bond donors (Lipinski definition) is 2. The summed E-state index contributed by atoms with van der Waals surface area (Å²) in [5.41, 5.74) is 3.86. The van der Waals surface area contributed by atoms with E-state index in [2.05, 4.69) is 41.2 Å². The van der Waals surface area contributed by atoms with E-state index >= 15 is 0 Å². The van der Waals surface area contributed by atoms with Crippen molar-refractivity contribution in [2.24, 2.45) is 4.99 Å². The Labute approximate surface area is 127 Å². The highest BCUT2D eigenvalue weighted by Gasteiger charge is 2.08. The molecule has 1 aromatic heterocycles. The smallest absolute Gasteiger partial charge is 0.198 e. The molecule has 2 aromatic carbocycles. The molecular weight excluding hydrogens is 284 g/mol. The predicted molar refractivity (Wildman–Crippen MR) is 87.5 cm³/mol. The number of fused-ring (bicyclic) bond motifs is 1. The summed E-state index contributed by atoms with van der Waals surface area (Å²) in [6.07, 6.45) is 1.70. The normalized spacial score (nSPS) is 11.5. The van der Waals surface area contributed by atoms with Gasteiger partial charge in [0.05, 0.1) is 17.6 Å². The molecule has 0 saturated carbocycles. The minimum atomic E-state index is 0.111. The number of aromatic nitrogens is 1. The molecule has 0 aliphatic rings. The summed E-state index contributed by atoms with van der Waals surface area (Å²) >= 11 is 5.94. The Balaban J connectivity index is 1.85. The van der Waals surface area contributed by atoms with E-state index in [4.69, 9.17) is 11.6 Å². The van der Waals surface area contributed by atoms with Crippen molar-refractivity contribution in [2.75, 3.05) is 0 Å². The van der Waals surface area contributed by atoms with E-state index in [9.17, 15) is 5.11 Å². The van der Waals surface area contributed by atoms with Gasteiger partial charge < -0.3 is 10.1 Å². The van der Waals surface area contributed by atoms with Gasteiger partial charge in [-0.3, -0.25) is 4.99 Å². The van der Waals surface area contributed by atoms with E-state index in [1.807, 2.05) is 6.07 Å². The number of aromatic hydroxyl groups is 1. The number of halogens is 1. The monoisotopic (exact) mass is 298 g/mol. The zero-order valence-corrected chi connectivity index (χ0v) is 12.4. The molecule has 3 nitrogen and oxygen atoms in total. The Kier molecular flexibility index (Phi) is 3.67. The van der Waals surface area contributed by atoms with Crippen LogP contribution < -0.4 is 0 Å². The third-order valence-corrected chi connectivity index (χ3v) is 3.63. The van der Waals surface area contributed by atoms with Crippen LogP contribution in [0.4, 0.5) is 0 Å². The number of H-pyrrole nitrogens is 1. The van der Waals surface area contributed by atoms with Gasteiger partial charge in [0.2, 0.25) is 0 Å². The van der Waals surface area contributed by atoms with Crippen LogP contribution in [0.3, 0.4) is 0 Å². The number of aromatic amines is 1. The lowest BCUT2D eigenvalue weighted by atomic mass is 10.1. The minimum absolute atomic E-state index is 0.111. The molecule has 0 aliphatic carbocycles. The van der Waals surface area contributed by atoms with Gasteiger partial charge >= 0.3 is 0 Å². The number of nitrogens with zero attached hydrogens (tertiary/aromatic N) is 1. The number of benzene rings is 2. The molecule has 21 heavy (non-hydrogen) atoms. The maximum absolute atomic E-state index is 9.97. The number of nitrogens with one attached hydrogen (secondary N) is 1. The summed E-state index contributed by atoms with van der Waals surface area (Å²) in [6, 6.07) is 13.7. The highest BCUT2D eigenvalue weighted by Crippen LogP contribution is 2.27. The van der Waals surface area contributed by atoms with E-state index in [0.717, 1.165) is 16.5 Å². The van der Waals surface area contributed by atoms with E-state index in [-0.39, 0.29) is 5.88 Å². The van der Waals surface area contributed by atoms with Gasteiger partial charge in [0.15, 0.2) is 5.88 Å². The average Bonchev–Trinajstić information content (AvgIpc) is 2.76. The summed E-state index contributed by atoms with van der Waals surface area (Å²) < 4.78 is 0. The maximum atomic E-state index is 9.97. The number of aliphatic imine (C=N–C) groups is 1. The molecule has 1 heterocycles. The predicted octanol–water partition coefficient (Wildman–Crippen LogP) is 4.45. The van der Waals surface area contributed by atoms with Crippen molar-refractivity contribution in [3.05, 3.63) is 64.2 Å². The van der Waals surface area contributed by atoms with Gasteiger partial charge in [-0.1, -0.05) is 47.5 Å². The Hall–Kier alpha value is -2.26. The highest BCUT2D eigenvalue weighted by atomic mass is 35.5. The molecule has 106 valence electrons. The quantitative estimate of drug-likeness (QED) is 0.689. The van der Waals surface area contributed by atoms with Crippen LogP contribution in [-0.4, -0.2) is 16.3 Å². The van der Waals surface area contributed by atoms with Gasteiger partial charge in [-0.15, -0.1) is 0 Å². The van der Waals surface area contributed by atoms with Crippen LogP contribution in [0.15, 0.2) is 47.5 Å². The average molecular weight is 299 g/mol. The van der Waals surface area contributed by atoms with Crippen LogP contribution in [0.25, 0.3) is 10.9 Å². The Morgan fingerprint density at radius 2 is 1.95 bits per heavy atom. The summed E-state index contributed by atoms with van der Waals surface area (Å²) in [7, 11) is 0. The number of rotatable bonds is 3. The second-order valence-corrected chi connectivity index (χ2v) is 5.47. The Morgan fingerprint density at radius 3 is 2.71 bits per heavy atom. The molecule has 0 unspecified atom stereocenters. The van der Waals surface area contributed by atoms with Gasteiger partial charge in [0.25, 0.3) is 0 Å². The first-order valence-electron chi connectivity index (χ1n) is 6.69. The van der Waals surface area contributed by atoms with Crippen LogP contribution in [0, 0.1) is 6.92 Å². The fourth-order valence-corrected chi connectivity index (χ4v) is 2.42. The highest BCUT2D eigenvalue weighted by molar-refractivity contribution is 6.31. The minimum Gasteiger partial charge on any atom is -0.494 e. The van der Waals surface area contributed by atoms with Crippen molar-refractivity contribution in [3.63, 3.8) is 0 Å². The Bertz CT molecular complexity index is 804. The second-order valence-electron chi connectivity index (χ2n) is 5.03. The van der Waals surface area contributed by atoms with Crippen LogP contribution in [0.5, 0.6) is 5.88 Å². The van der Waals surface area contributed by atoms with Crippen LogP contribution in [0.2, 0.25) is 5.02 Å². The van der Waals surface area contributed by atoms with Crippen molar-refractivity contribution in [3.8, 4) is 5.88 Å². The molecule has 2 N–H and O–H groups in total. The number of hydrogen-bond acceptors (Lipinski definition) is 2. The van der Waals surface area contributed by atoms with Crippen molar-refractivity contribution in [2.45, 2.75) is 13.5 Å². The molecule has 3 rings (SSSR count). The number of aryl methyl sites for hydroxylation is 1. The molecular formula is C17H15ClN2O.